The maximum atomic E-state index is 11.9. The largest absolute Gasteiger partial charge is 0.421 e. The van der Waals surface area contributed by atoms with E-state index in [-0.39, 0.29) is 5.91 Å². The van der Waals surface area contributed by atoms with E-state index < -0.39 is 0 Å². The van der Waals surface area contributed by atoms with Crippen LogP contribution in [0.15, 0.2) is 52.9 Å². The predicted octanol–water partition coefficient (Wildman–Crippen LogP) is 3.60. The lowest BCUT2D eigenvalue weighted by atomic mass is 10.1. The summed E-state index contributed by atoms with van der Waals surface area (Å²) in [6.45, 7) is 2.46. The van der Waals surface area contributed by atoms with Gasteiger partial charge < -0.3 is 9.73 Å². The van der Waals surface area contributed by atoms with Crippen molar-refractivity contribution in [3.05, 3.63) is 70.6 Å². The molecular weight excluding hydrogens is 338 g/mol. The van der Waals surface area contributed by atoms with Gasteiger partial charge in [-0.05, 0) is 36.8 Å². The number of carbonyl (C=O) groups is 1. The third kappa shape index (κ3) is 4.90. The molecule has 0 atom stereocenters. The van der Waals surface area contributed by atoms with Crippen LogP contribution in [0.2, 0.25) is 5.02 Å². The number of nitrogens with one attached hydrogen (secondary N) is 1. The smallest absolute Gasteiger partial charge is 0.247 e. The second kappa shape index (κ2) is 7.94. The molecule has 3 aromatic rings. The van der Waals surface area contributed by atoms with Gasteiger partial charge in [0.15, 0.2) is 0 Å². The van der Waals surface area contributed by atoms with Crippen molar-refractivity contribution in [2.24, 2.45) is 0 Å². The average molecular weight is 356 g/mol. The first-order chi connectivity index (χ1) is 12.1. The van der Waals surface area contributed by atoms with E-state index in [0.717, 1.165) is 16.7 Å². The molecule has 1 heterocycles. The van der Waals surface area contributed by atoms with E-state index in [1.54, 1.807) is 12.1 Å². The fraction of sp³-hybridized carbons (Fsp3) is 0.211. The Morgan fingerprint density at radius 3 is 2.72 bits per heavy atom. The molecule has 0 spiro atoms. The first-order valence-electron chi connectivity index (χ1n) is 8.01. The topological polar surface area (TPSA) is 68.0 Å². The van der Waals surface area contributed by atoms with Gasteiger partial charge in [0.05, 0.1) is 6.42 Å². The van der Waals surface area contributed by atoms with Gasteiger partial charge in [0, 0.05) is 23.6 Å². The number of hydrogen-bond acceptors (Lipinski definition) is 4. The maximum absolute atomic E-state index is 11.9. The van der Waals surface area contributed by atoms with Crippen LogP contribution in [0.25, 0.3) is 11.5 Å². The number of aryl methyl sites for hydroxylation is 1. The molecule has 0 aliphatic heterocycles. The molecule has 0 bridgehead atoms. The van der Waals surface area contributed by atoms with Crippen molar-refractivity contribution < 1.29 is 9.21 Å². The molecule has 1 amide bonds. The van der Waals surface area contributed by atoms with Crippen molar-refractivity contribution in [3.63, 3.8) is 0 Å². The number of nitrogens with zero attached hydrogens (tertiary/aromatic N) is 2. The number of carbonyl (C=O) groups excluding carboxylic acids is 1. The highest BCUT2D eigenvalue weighted by molar-refractivity contribution is 6.30. The summed E-state index contributed by atoms with van der Waals surface area (Å²) < 4.78 is 5.65. The number of aromatic nitrogens is 2. The van der Waals surface area contributed by atoms with Crippen LogP contribution >= 0.6 is 11.6 Å². The molecule has 0 aliphatic rings. The molecule has 0 aliphatic carbocycles. The Morgan fingerprint density at radius 1 is 1.16 bits per heavy atom. The van der Waals surface area contributed by atoms with Crippen LogP contribution in [-0.4, -0.2) is 22.6 Å². The van der Waals surface area contributed by atoms with E-state index in [1.807, 2.05) is 43.3 Å². The summed E-state index contributed by atoms with van der Waals surface area (Å²) in [5.41, 5.74) is 2.94. The Morgan fingerprint density at radius 2 is 1.96 bits per heavy atom. The summed E-state index contributed by atoms with van der Waals surface area (Å²) in [6, 6.07) is 15.1. The van der Waals surface area contributed by atoms with Crippen LogP contribution < -0.4 is 5.32 Å². The van der Waals surface area contributed by atoms with Crippen molar-refractivity contribution >= 4 is 17.5 Å². The van der Waals surface area contributed by atoms with Crippen LogP contribution in [0.4, 0.5) is 0 Å². The van der Waals surface area contributed by atoms with Gasteiger partial charge in [-0.2, -0.15) is 0 Å². The van der Waals surface area contributed by atoms with Crippen molar-refractivity contribution in [3.8, 4) is 11.5 Å². The molecule has 128 valence electrons. The third-order valence-corrected chi connectivity index (χ3v) is 3.92. The first-order valence-corrected chi connectivity index (χ1v) is 8.38. The van der Waals surface area contributed by atoms with Gasteiger partial charge in [0.25, 0.3) is 0 Å². The van der Waals surface area contributed by atoms with E-state index in [1.165, 1.54) is 0 Å². The minimum absolute atomic E-state index is 0.0549. The summed E-state index contributed by atoms with van der Waals surface area (Å²) in [4.78, 5) is 11.9. The van der Waals surface area contributed by atoms with Gasteiger partial charge in [0.2, 0.25) is 17.7 Å². The number of amides is 1. The van der Waals surface area contributed by atoms with E-state index in [9.17, 15) is 4.79 Å². The summed E-state index contributed by atoms with van der Waals surface area (Å²) in [5, 5.41) is 11.6. The molecular formula is C19H18ClN3O2. The predicted molar refractivity (Wildman–Crippen MR) is 96.3 cm³/mol. The summed E-state index contributed by atoms with van der Waals surface area (Å²) in [6.07, 6.45) is 0.806. The molecule has 1 aromatic heterocycles. The number of benzene rings is 2. The SMILES string of the molecule is Cc1cccc(-c2nnc(CCNC(=O)Cc3ccc(Cl)cc3)o2)c1. The van der Waals surface area contributed by atoms with Gasteiger partial charge in [-0.25, -0.2) is 0 Å². The van der Waals surface area contributed by atoms with Crippen LogP contribution in [0.1, 0.15) is 17.0 Å². The quantitative estimate of drug-likeness (QED) is 0.733. The maximum Gasteiger partial charge on any atom is 0.247 e. The molecule has 3 rings (SSSR count). The summed E-state index contributed by atoms with van der Waals surface area (Å²) in [5.74, 6) is 0.940. The highest BCUT2D eigenvalue weighted by atomic mass is 35.5. The van der Waals surface area contributed by atoms with Gasteiger partial charge in [0.1, 0.15) is 0 Å². The minimum atomic E-state index is -0.0549. The zero-order valence-electron chi connectivity index (χ0n) is 13.8. The van der Waals surface area contributed by atoms with Gasteiger partial charge >= 0.3 is 0 Å². The Balaban J connectivity index is 1.49. The molecule has 0 fully saturated rings. The minimum Gasteiger partial charge on any atom is -0.421 e. The zero-order chi connectivity index (χ0) is 17.6. The Kier molecular flexibility index (Phi) is 5.46. The molecule has 0 radical (unpaired) electrons. The lowest BCUT2D eigenvalue weighted by Gasteiger charge is -2.04. The van der Waals surface area contributed by atoms with Crippen LogP contribution in [0, 0.1) is 6.92 Å². The zero-order valence-corrected chi connectivity index (χ0v) is 14.6. The molecule has 0 unspecified atom stereocenters. The van der Waals surface area contributed by atoms with Crippen molar-refractivity contribution in [2.75, 3.05) is 6.54 Å². The first kappa shape index (κ1) is 17.2. The number of hydrogen-bond donors (Lipinski definition) is 1. The molecule has 1 N–H and O–H groups in total. The monoisotopic (exact) mass is 355 g/mol. The second-order valence-corrected chi connectivity index (χ2v) is 6.21. The molecule has 0 saturated heterocycles. The van der Waals surface area contributed by atoms with E-state index >= 15 is 0 Å². The average Bonchev–Trinajstić information content (AvgIpc) is 3.06. The summed E-state index contributed by atoms with van der Waals surface area (Å²) in [7, 11) is 0. The van der Waals surface area contributed by atoms with Gasteiger partial charge in [-0.1, -0.05) is 41.4 Å². The fourth-order valence-electron chi connectivity index (χ4n) is 2.41. The number of rotatable bonds is 6. The fourth-order valence-corrected chi connectivity index (χ4v) is 2.53. The molecule has 25 heavy (non-hydrogen) atoms. The lowest BCUT2D eigenvalue weighted by Crippen LogP contribution is -2.27. The second-order valence-electron chi connectivity index (χ2n) is 5.77. The van der Waals surface area contributed by atoms with Gasteiger partial charge in [-0.3, -0.25) is 4.79 Å². The van der Waals surface area contributed by atoms with E-state index in [2.05, 4.69) is 15.5 Å². The molecule has 6 heteroatoms. The van der Waals surface area contributed by atoms with Gasteiger partial charge in [-0.15, -0.1) is 10.2 Å². The number of halogens is 1. The normalized spacial score (nSPS) is 10.6. The molecule has 2 aromatic carbocycles. The Hall–Kier alpha value is -2.66. The van der Waals surface area contributed by atoms with E-state index in [0.29, 0.717) is 36.2 Å². The van der Waals surface area contributed by atoms with Crippen LogP contribution in [0.5, 0.6) is 0 Å². The van der Waals surface area contributed by atoms with Crippen molar-refractivity contribution in [2.45, 2.75) is 19.8 Å². The summed E-state index contributed by atoms with van der Waals surface area (Å²) >= 11 is 5.83. The van der Waals surface area contributed by atoms with Crippen molar-refractivity contribution in [1.29, 1.82) is 0 Å². The molecule has 0 saturated carbocycles. The lowest BCUT2D eigenvalue weighted by molar-refractivity contribution is -0.120. The standard InChI is InChI=1S/C19H18ClN3O2/c1-13-3-2-4-15(11-13)19-23-22-18(25-19)9-10-21-17(24)12-14-5-7-16(20)8-6-14/h2-8,11H,9-10,12H2,1H3,(H,21,24). The highest BCUT2D eigenvalue weighted by Crippen LogP contribution is 2.18. The molecule has 5 nitrogen and oxygen atoms in total. The highest BCUT2D eigenvalue weighted by Gasteiger charge is 2.09. The Labute approximate surface area is 151 Å². The van der Waals surface area contributed by atoms with Crippen LogP contribution in [-0.2, 0) is 17.6 Å². The third-order valence-electron chi connectivity index (χ3n) is 3.67. The van der Waals surface area contributed by atoms with E-state index in [4.69, 9.17) is 16.0 Å². The van der Waals surface area contributed by atoms with Crippen LogP contribution in [0.3, 0.4) is 0 Å². The van der Waals surface area contributed by atoms with Crippen molar-refractivity contribution in [1.82, 2.24) is 15.5 Å². The Bertz CT molecular complexity index is 859.